The van der Waals surface area contributed by atoms with Crippen LogP contribution in [0, 0.1) is 6.92 Å². The van der Waals surface area contributed by atoms with E-state index in [1.165, 1.54) is 31.5 Å². The number of rotatable bonds is 5. The number of alkyl halides is 6. The summed E-state index contributed by atoms with van der Waals surface area (Å²) in [7, 11) is 0. The lowest BCUT2D eigenvalue weighted by Gasteiger charge is -2.16. The van der Waals surface area contributed by atoms with E-state index in [0.29, 0.717) is 17.5 Å². The summed E-state index contributed by atoms with van der Waals surface area (Å²) in [6.07, 6.45) is -4.58. The van der Waals surface area contributed by atoms with Crippen LogP contribution in [0.25, 0.3) is 6.08 Å². The molecule has 1 aromatic carbocycles. The van der Waals surface area contributed by atoms with Crippen molar-refractivity contribution in [2.45, 2.75) is 25.8 Å². The van der Waals surface area contributed by atoms with Crippen molar-refractivity contribution in [1.29, 1.82) is 0 Å². The van der Waals surface area contributed by atoms with Crippen molar-refractivity contribution in [1.82, 2.24) is 9.78 Å². The number of anilines is 1. The Hall–Kier alpha value is -3.50. The highest BCUT2D eigenvalue weighted by atomic mass is 19.4. The SMILES string of the molecule is Cc1c(NC(=O)/C=C/c2ccco2)cnn1Cc1ccc(C(F)(F)F)cc1C(F)(F)F. The molecule has 0 aliphatic heterocycles. The number of nitrogens with zero attached hydrogens (tertiary/aromatic N) is 2. The minimum Gasteiger partial charge on any atom is -0.465 e. The summed E-state index contributed by atoms with van der Waals surface area (Å²) < 4.78 is 84.7. The zero-order chi connectivity index (χ0) is 22.8. The third-order valence-electron chi connectivity index (χ3n) is 4.37. The van der Waals surface area contributed by atoms with Gasteiger partial charge in [0.05, 0.1) is 41.5 Å². The lowest BCUT2D eigenvalue weighted by Crippen LogP contribution is -2.16. The quantitative estimate of drug-likeness (QED) is 0.417. The van der Waals surface area contributed by atoms with Crippen molar-refractivity contribution >= 4 is 17.7 Å². The van der Waals surface area contributed by atoms with Gasteiger partial charge in [-0.05, 0) is 42.8 Å². The molecule has 3 rings (SSSR count). The average Bonchev–Trinajstić information content (AvgIpc) is 3.30. The molecular weight excluding hydrogens is 428 g/mol. The predicted octanol–water partition coefficient (Wildman–Crippen LogP) is 5.52. The minimum absolute atomic E-state index is 0.0796. The molecule has 0 radical (unpaired) electrons. The molecule has 0 fully saturated rings. The molecule has 0 aliphatic carbocycles. The number of aromatic nitrogens is 2. The Labute approximate surface area is 172 Å². The Morgan fingerprint density at radius 2 is 1.90 bits per heavy atom. The Bertz CT molecular complexity index is 1100. The topological polar surface area (TPSA) is 60.1 Å². The van der Waals surface area contributed by atoms with Crippen LogP contribution < -0.4 is 5.32 Å². The molecule has 11 heteroatoms. The van der Waals surface area contributed by atoms with Crippen molar-refractivity contribution < 1.29 is 35.6 Å². The molecule has 5 nitrogen and oxygen atoms in total. The second-order valence-corrected chi connectivity index (χ2v) is 6.51. The normalized spacial score (nSPS) is 12.5. The number of furan rings is 1. The van der Waals surface area contributed by atoms with Crippen molar-refractivity contribution in [2.75, 3.05) is 5.32 Å². The number of halogens is 6. The summed E-state index contributed by atoms with van der Waals surface area (Å²) in [5, 5.41) is 6.47. The van der Waals surface area contributed by atoms with Crippen LogP contribution in [-0.4, -0.2) is 15.7 Å². The second-order valence-electron chi connectivity index (χ2n) is 6.51. The number of amides is 1. The van der Waals surface area contributed by atoms with Crippen LogP contribution in [0.1, 0.15) is 28.1 Å². The Morgan fingerprint density at radius 3 is 2.52 bits per heavy atom. The lowest BCUT2D eigenvalue weighted by molar-refractivity contribution is -0.143. The first-order valence-corrected chi connectivity index (χ1v) is 8.77. The molecule has 0 bridgehead atoms. The van der Waals surface area contributed by atoms with Gasteiger partial charge < -0.3 is 9.73 Å². The monoisotopic (exact) mass is 443 g/mol. The van der Waals surface area contributed by atoms with Gasteiger partial charge in [0.2, 0.25) is 5.91 Å². The Balaban J connectivity index is 1.81. The molecule has 0 aliphatic rings. The number of carbonyl (C=O) groups is 1. The molecular formula is C20H15F6N3O2. The van der Waals surface area contributed by atoms with E-state index in [4.69, 9.17) is 4.42 Å². The summed E-state index contributed by atoms with van der Waals surface area (Å²) in [6.45, 7) is 1.08. The zero-order valence-electron chi connectivity index (χ0n) is 15.9. The number of carbonyl (C=O) groups excluding carboxylic acids is 1. The van der Waals surface area contributed by atoms with Gasteiger partial charge in [0.25, 0.3) is 0 Å². The lowest BCUT2D eigenvalue weighted by atomic mass is 10.0. The molecule has 2 heterocycles. The van der Waals surface area contributed by atoms with Gasteiger partial charge in [-0.15, -0.1) is 0 Å². The van der Waals surface area contributed by atoms with Crippen LogP contribution >= 0.6 is 0 Å². The van der Waals surface area contributed by atoms with Crippen LogP contribution in [0.15, 0.2) is 53.3 Å². The molecule has 0 atom stereocenters. The molecule has 31 heavy (non-hydrogen) atoms. The molecule has 1 amide bonds. The minimum atomic E-state index is -4.98. The van der Waals surface area contributed by atoms with Crippen molar-refractivity contribution in [3.63, 3.8) is 0 Å². The number of hydrogen-bond donors (Lipinski definition) is 1. The maximum atomic E-state index is 13.3. The molecule has 0 saturated carbocycles. The van der Waals surface area contributed by atoms with Gasteiger partial charge in [-0.3, -0.25) is 9.48 Å². The van der Waals surface area contributed by atoms with Crippen LogP contribution in [-0.2, 0) is 23.7 Å². The first kappa shape index (κ1) is 22.2. The fraction of sp³-hybridized carbons (Fsp3) is 0.200. The van der Waals surface area contributed by atoms with Gasteiger partial charge in [0.15, 0.2) is 0 Å². The van der Waals surface area contributed by atoms with Crippen molar-refractivity contribution in [3.8, 4) is 0 Å². The van der Waals surface area contributed by atoms with Gasteiger partial charge in [0, 0.05) is 6.08 Å². The number of hydrogen-bond acceptors (Lipinski definition) is 3. The van der Waals surface area contributed by atoms with E-state index in [1.807, 2.05) is 0 Å². The van der Waals surface area contributed by atoms with Gasteiger partial charge in [-0.25, -0.2) is 0 Å². The largest absolute Gasteiger partial charge is 0.465 e. The highest BCUT2D eigenvalue weighted by Crippen LogP contribution is 2.37. The summed E-state index contributed by atoms with van der Waals surface area (Å²) in [6, 6.07) is 4.72. The van der Waals surface area contributed by atoms with E-state index in [9.17, 15) is 31.1 Å². The van der Waals surface area contributed by atoms with Crippen LogP contribution in [0.5, 0.6) is 0 Å². The van der Waals surface area contributed by atoms with E-state index in [1.54, 1.807) is 12.1 Å². The molecule has 3 aromatic rings. The van der Waals surface area contributed by atoms with Crippen LogP contribution in [0.2, 0.25) is 0 Å². The molecule has 0 spiro atoms. The maximum absolute atomic E-state index is 13.3. The van der Waals surface area contributed by atoms with Crippen molar-refractivity contribution in [3.05, 3.63) is 77.0 Å². The second kappa shape index (κ2) is 8.32. The van der Waals surface area contributed by atoms with Gasteiger partial charge in [-0.2, -0.15) is 31.4 Å². The summed E-state index contributed by atoms with van der Waals surface area (Å²) >= 11 is 0. The van der Waals surface area contributed by atoms with Gasteiger partial charge in [-0.1, -0.05) is 6.07 Å². The fourth-order valence-corrected chi connectivity index (χ4v) is 2.76. The maximum Gasteiger partial charge on any atom is 0.416 e. The first-order chi connectivity index (χ1) is 14.4. The molecule has 1 N–H and O–H groups in total. The van der Waals surface area contributed by atoms with Gasteiger partial charge in [0.1, 0.15) is 5.76 Å². The summed E-state index contributed by atoms with van der Waals surface area (Å²) in [5.74, 6) is -0.0749. The number of benzene rings is 1. The highest BCUT2D eigenvalue weighted by Gasteiger charge is 2.38. The average molecular weight is 443 g/mol. The predicted molar refractivity (Wildman–Crippen MR) is 98.9 cm³/mol. The van der Waals surface area contributed by atoms with Crippen molar-refractivity contribution in [2.24, 2.45) is 0 Å². The van der Waals surface area contributed by atoms with E-state index in [0.717, 1.165) is 10.7 Å². The third kappa shape index (κ3) is 5.36. The van der Waals surface area contributed by atoms with E-state index in [-0.39, 0.29) is 17.3 Å². The number of nitrogens with one attached hydrogen (secondary N) is 1. The molecule has 164 valence electrons. The van der Waals surface area contributed by atoms with Crippen LogP contribution in [0.4, 0.5) is 32.0 Å². The molecule has 0 unspecified atom stereocenters. The highest BCUT2D eigenvalue weighted by molar-refractivity contribution is 6.01. The van der Waals surface area contributed by atoms with E-state index >= 15 is 0 Å². The Kier molecular flexibility index (Phi) is 5.96. The fourth-order valence-electron chi connectivity index (χ4n) is 2.76. The summed E-state index contributed by atoms with van der Waals surface area (Å²) in [4.78, 5) is 12.0. The summed E-state index contributed by atoms with van der Waals surface area (Å²) in [5.41, 5.74) is -2.61. The third-order valence-corrected chi connectivity index (χ3v) is 4.37. The van der Waals surface area contributed by atoms with Crippen LogP contribution in [0.3, 0.4) is 0 Å². The van der Waals surface area contributed by atoms with E-state index in [2.05, 4.69) is 10.4 Å². The van der Waals surface area contributed by atoms with Gasteiger partial charge >= 0.3 is 12.4 Å². The zero-order valence-corrected chi connectivity index (χ0v) is 15.9. The first-order valence-electron chi connectivity index (χ1n) is 8.77. The van der Waals surface area contributed by atoms with E-state index < -0.39 is 35.9 Å². The smallest absolute Gasteiger partial charge is 0.416 e. The molecule has 2 aromatic heterocycles. The Morgan fingerprint density at radius 1 is 1.16 bits per heavy atom. The standard InChI is InChI=1S/C20H15F6N3O2/c1-12-17(28-18(30)7-6-15-3-2-8-31-15)10-27-29(12)11-13-4-5-14(19(21,22)23)9-16(13)20(24,25)26/h2-10H,11H2,1H3,(H,28,30)/b7-6+. The molecule has 0 saturated heterocycles.